The van der Waals surface area contributed by atoms with Gasteiger partial charge in [0.15, 0.2) is 11.6 Å². The van der Waals surface area contributed by atoms with Gasteiger partial charge < -0.3 is 0 Å². The number of hydrogen-bond acceptors (Lipinski definition) is 2. The summed E-state index contributed by atoms with van der Waals surface area (Å²) in [5.41, 5.74) is 1.55. The fraction of sp³-hybridized carbons (Fsp3) is 0. The number of para-hydroxylation sites is 1. The molecule has 19 heavy (non-hydrogen) atoms. The number of benzene rings is 2. The molecule has 0 saturated heterocycles. The fourth-order valence-electron chi connectivity index (χ4n) is 1.74. The normalized spacial score (nSPS) is 11.5. The lowest BCUT2D eigenvalue weighted by Gasteiger charge is -1.94. The van der Waals surface area contributed by atoms with Crippen molar-refractivity contribution in [2.45, 2.75) is 0 Å². The van der Waals surface area contributed by atoms with Crippen LogP contribution in [0.15, 0.2) is 42.5 Å². The third kappa shape index (κ3) is 2.53. The predicted molar refractivity (Wildman–Crippen MR) is 74.9 cm³/mol. The molecule has 3 aromatic rings. The molecule has 0 unspecified atom stereocenters. The lowest BCUT2D eigenvalue weighted by Crippen LogP contribution is -1.83. The maximum atomic E-state index is 13.1. The zero-order valence-electron chi connectivity index (χ0n) is 9.81. The molecule has 0 spiro atoms. The van der Waals surface area contributed by atoms with Gasteiger partial charge in [0.05, 0.1) is 10.2 Å². The molecule has 0 saturated carbocycles. The van der Waals surface area contributed by atoms with Crippen LogP contribution in [0.4, 0.5) is 8.78 Å². The van der Waals surface area contributed by atoms with Gasteiger partial charge in [-0.25, -0.2) is 13.8 Å². The summed E-state index contributed by atoms with van der Waals surface area (Å²) in [4.78, 5) is 4.43. The molecule has 0 atom stereocenters. The number of aromatic nitrogens is 1. The van der Waals surface area contributed by atoms with Gasteiger partial charge >= 0.3 is 0 Å². The first kappa shape index (κ1) is 12.0. The van der Waals surface area contributed by atoms with Crippen molar-refractivity contribution in [1.29, 1.82) is 0 Å². The standard InChI is InChI=1S/C15H9F2NS/c16-11-7-5-10(9-12(11)17)6-8-15-18-13-3-1-2-4-14(13)19-15/h1-9H/b8-6+. The van der Waals surface area contributed by atoms with Gasteiger partial charge in [-0.1, -0.05) is 24.3 Å². The lowest BCUT2D eigenvalue weighted by molar-refractivity contribution is 0.508. The molecule has 94 valence electrons. The molecular weight excluding hydrogens is 264 g/mol. The van der Waals surface area contributed by atoms with E-state index < -0.39 is 11.6 Å². The lowest BCUT2D eigenvalue weighted by atomic mass is 10.2. The van der Waals surface area contributed by atoms with Crippen molar-refractivity contribution >= 4 is 33.7 Å². The first-order valence-corrected chi connectivity index (χ1v) is 6.53. The minimum Gasteiger partial charge on any atom is -0.237 e. The van der Waals surface area contributed by atoms with Gasteiger partial charge in [0, 0.05) is 0 Å². The third-order valence-corrected chi connectivity index (χ3v) is 3.67. The molecule has 0 bridgehead atoms. The highest BCUT2D eigenvalue weighted by molar-refractivity contribution is 7.19. The van der Waals surface area contributed by atoms with Gasteiger partial charge in [0.25, 0.3) is 0 Å². The molecule has 1 heterocycles. The molecule has 0 aliphatic rings. The Hall–Kier alpha value is -2.07. The number of halogens is 2. The van der Waals surface area contributed by atoms with Crippen LogP contribution in [0.2, 0.25) is 0 Å². The van der Waals surface area contributed by atoms with Crippen LogP contribution in [0, 0.1) is 11.6 Å². The average Bonchev–Trinajstić information content (AvgIpc) is 2.83. The van der Waals surface area contributed by atoms with Gasteiger partial charge in [-0.2, -0.15) is 0 Å². The summed E-state index contributed by atoms with van der Waals surface area (Å²) in [7, 11) is 0. The van der Waals surface area contributed by atoms with Crippen molar-refractivity contribution in [1.82, 2.24) is 4.98 Å². The molecule has 0 amide bonds. The third-order valence-electron chi connectivity index (χ3n) is 2.67. The second kappa shape index (κ2) is 4.90. The van der Waals surface area contributed by atoms with E-state index in [0.717, 1.165) is 21.3 Å². The van der Waals surface area contributed by atoms with E-state index in [0.29, 0.717) is 5.56 Å². The molecular formula is C15H9F2NS. The summed E-state index contributed by atoms with van der Waals surface area (Å²) in [6, 6.07) is 11.7. The Balaban J connectivity index is 1.91. The Morgan fingerprint density at radius 1 is 0.947 bits per heavy atom. The monoisotopic (exact) mass is 273 g/mol. The smallest absolute Gasteiger partial charge is 0.159 e. The largest absolute Gasteiger partial charge is 0.237 e. The van der Waals surface area contributed by atoms with Crippen LogP contribution in [0.25, 0.3) is 22.4 Å². The summed E-state index contributed by atoms with van der Waals surface area (Å²) in [6.45, 7) is 0. The summed E-state index contributed by atoms with van der Waals surface area (Å²) in [5.74, 6) is -1.68. The molecule has 4 heteroatoms. The molecule has 1 aromatic heterocycles. The molecule has 1 nitrogen and oxygen atoms in total. The van der Waals surface area contributed by atoms with Crippen LogP contribution in [0.3, 0.4) is 0 Å². The Labute approximate surface area is 112 Å². The van der Waals surface area contributed by atoms with Crippen molar-refractivity contribution in [2.24, 2.45) is 0 Å². The second-order valence-corrected chi connectivity index (χ2v) is 5.09. The van der Waals surface area contributed by atoms with E-state index >= 15 is 0 Å². The maximum Gasteiger partial charge on any atom is 0.159 e. The topological polar surface area (TPSA) is 12.9 Å². The SMILES string of the molecule is Fc1ccc(/C=C/c2nc3ccccc3s2)cc1F. The van der Waals surface area contributed by atoms with Gasteiger partial charge in [-0.05, 0) is 35.9 Å². The van der Waals surface area contributed by atoms with E-state index in [1.807, 2.05) is 24.3 Å². The van der Waals surface area contributed by atoms with Crippen LogP contribution in [0.5, 0.6) is 0 Å². The Morgan fingerprint density at radius 2 is 1.79 bits per heavy atom. The Bertz CT molecular complexity index is 729. The molecule has 0 aliphatic heterocycles. The molecule has 2 aromatic carbocycles. The van der Waals surface area contributed by atoms with Crippen molar-refractivity contribution in [3.8, 4) is 0 Å². The minimum atomic E-state index is -0.841. The van der Waals surface area contributed by atoms with Crippen molar-refractivity contribution in [3.05, 3.63) is 64.7 Å². The first-order chi connectivity index (χ1) is 9.22. The quantitative estimate of drug-likeness (QED) is 0.657. The first-order valence-electron chi connectivity index (χ1n) is 5.71. The Morgan fingerprint density at radius 3 is 2.58 bits per heavy atom. The van der Waals surface area contributed by atoms with Crippen LogP contribution in [-0.2, 0) is 0 Å². The summed E-state index contributed by atoms with van der Waals surface area (Å²) in [5, 5.41) is 0.839. The molecule has 3 rings (SSSR count). The number of fused-ring (bicyclic) bond motifs is 1. The summed E-state index contributed by atoms with van der Waals surface area (Å²) < 4.78 is 26.9. The predicted octanol–water partition coefficient (Wildman–Crippen LogP) is 4.74. The highest BCUT2D eigenvalue weighted by Crippen LogP contribution is 2.23. The Kier molecular flexibility index (Phi) is 3.09. The van der Waals surface area contributed by atoms with Crippen LogP contribution in [-0.4, -0.2) is 4.98 Å². The van der Waals surface area contributed by atoms with E-state index in [2.05, 4.69) is 4.98 Å². The van der Waals surface area contributed by atoms with E-state index in [-0.39, 0.29) is 0 Å². The highest BCUT2D eigenvalue weighted by Gasteiger charge is 2.01. The zero-order chi connectivity index (χ0) is 13.2. The van der Waals surface area contributed by atoms with E-state index in [4.69, 9.17) is 0 Å². The number of rotatable bonds is 2. The van der Waals surface area contributed by atoms with Gasteiger partial charge in [-0.3, -0.25) is 0 Å². The molecule has 0 fully saturated rings. The molecule has 0 aliphatic carbocycles. The highest BCUT2D eigenvalue weighted by atomic mass is 32.1. The fourth-order valence-corrected chi connectivity index (χ4v) is 2.62. The minimum absolute atomic E-state index is 0.609. The number of hydrogen-bond donors (Lipinski definition) is 0. The van der Waals surface area contributed by atoms with Crippen LogP contribution >= 0.6 is 11.3 Å². The van der Waals surface area contributed by atoms with Crippen molar-refractivity contribution in [2.75, 3.05) is 0 Å². The molecule has 0 radical (unpaired) electrons. The van der Waals surface area contributed by atoms with Gasteiger partial charge in [0.1, 0.15) is 5.01 Å². The van der Waals surface area contributed by atoms with E-state index in [1.165, 1.54) is 12.1 Å². The van der Waals surface area contributed by atoms with Gasteiger partial charge in [0.2, 0.25) is 0 Å². The maximum absolute atomic E-state index is 13.1. The van der Waals surface area contributed by atoms with Crippen LogP contribution < -0.4 is 0 Å². The number of thiazole rings is 1. The second-order valence-electron chi connectivity index (χ2n) is 4.03. The van der Waals surface area contributed by atoms with Gasteiger partial charge in [-0.15, -0.1) is 11.3 Å². The summed E-state index contributed by atoms with van der Waals surface area (Å²) in [6.07, 6.45) is 3.53. The average molecular weight is 273 g/mol. The van der Waals surface area contributed by atoms with E-state index in [1.54, 1.807) is 23.5 Å². The van der Waals surface area contributed by atoms with Crippen LogP contribution in [0.1, 0.15) is 10.6 Å². The van der Waals surface area contributed by atoms with Crippen molar-refractivity contribution in [3.63, 3.8) is 0 Å². The van der Waals surface area contributed by atoms with E-state index in [9.17, 15) is 8.78 Å². The number of nitrogens with zero attached hydrogens (tertiary/aromatic N) is 1. The molecule has 0 N–H and O–H groups in total. The summed E-state index contributed by atoms with van der Waals surface area (Å²) >= 11 is 1.56. The van der Waals surface area contributed by atoms with Crippen molar-refractivity contribution < 1.29 is 8.78 Å². The zero-order valence-corrected chi connectivity index (χ0v) is 10.6.